The van der Waals surface area contributed by atoms with Gasteiger partial charge < -0.3 is 15.1 Å². The monoisotopic (exact) mass is 250 g/mol. The van der Waals surface area contributed by atoms with Crippen LogP contribution in [0.25, 0.3) is 0 Å². The lowest BCUT2D eigenvalue weighted by Crippen LogP contribution is -2.41. The van der Waals surface area contributed by atoms with Gasteiger partial charge in [0.05, 0.1) is 5.56 Å². The van der Waals surface area contributed by atoms with Crippen molar-refractivity contribution in [3.8, 4) is 0 Å². The summed E-state index contributed by atoms with van der Waals surface area (Å²) in [4.78, 5) is 18.2. The van der Waals surface area contributed by atoms with Crippen LogP contribution in [0.4, 0.5) is 5.82 Å². The van der Waals surface area contributed by atoms with Crippen LogP contribution < -0.4 is 11.3 Å². The van der Waals surface area contributed by atoms with Crippen LogP contribution in [0.2, 0.25) is 0 Å². The average molecular weight is 250 g/mol. The van der Waals surface area contributed by atoms with Crippen molar-refractivity contribution < 1.29 is 9.53 Å². The number of pyridine rings is 1. The van der Waals surface area contributed by atoms with E-state index in [4.69, 9.17) is 10.6 Å². The zero-order valence-electron chi connectivity index (χ0n) is 10.4. The van der Waals surface area contributed by atoms with E-state index in [1.807, 2.05) is 7.05 Å². The van der Waals surface area contributed by atoms with Gasteiger partial charge in [-0.3, -0.25) is 4.79 Å². The fourth-order valence-corrected chi connectivity index (χ4v) is 2.12. The van der Waals surface area contributed by atoms with Gasteiger partial charge in [0.25, 0.3) is 5.91 Å². The van der Waals surface area contributed by atoms with E-state index in [0.29, 0.717) is 24.6 Å². The van der Waals surface area contributed by atoms with Gasteiger partial charge in [0.1, 0.15) is 0 Å². The molecular formula is C12H18N4O2. The zero-order chi connectivity index (χ0) is 13.0. The maximum absolute atomic E-state index is 12.4. The number of nitrogen functional groups attached to an aromatic ring is 1. The molecule has 2 heterocycles. The molecule has 3 N–H and O–H groups in total. The van der Waals surface area contributed by atoms with Crippen LogP contribution in [0.5, 0.6) is 0 Å². The van der Waals surface area contributed by atoms with Gasteiger partial charge in [-0.2, -0.15) is 0 Å². The lowest BCUT2D eigenvalue weighted by atomic mass is 10.1. The Bertz CT molecular complexity index is 418. The van der Waals surface area contributed by atoms with Gasteiger partial charge >= 0.3 is 0 Å². The molecule has 0 spiro atoms. The highest BCUT2D eigenvalue weighted by Gasteiger charge is 2.24. The molecule has 6 nitrogen and oxygen atoms in total. The molecule has 1 fully saturated rings. The molecule has 1 aromatic heterocycles. The Labute approximate surface area is 106 Å². The zero-order valence-corrected chi connectivity index (χ0v) is 10.4. The van der Waals surface area contributed by atoms with Crippen LogP contribution in [0.1, 0.15) is 23.2 Å². The van der Waals surface area contributed by atoms with Gasteiger partial charge in [0.15, 0.2) is 5.82 Å². The topological polar surface area (TPSA) is 80.5 Å². The molecule has 0 aromatic carbocycles. The van der Waals surface area contributed by atoms with Gasteiger partial charge in [-0.05, 0) is 25.0 Å². The molecule has 0 aliphatic carbocycles. The second-order valence-corrected chi connectivity index (χ2v) is 4.30. The smallest absolute Gasteiger partial charge is 0.257 e. The van der Waals surface area contributed by atoms with Crippen LogP contribution in [-0.2, 0) is 4.74 Å². The normalized spacial score (nSPS) is 16.3. The van der Waals surface area contributed by atoms with E-state index < -0.39 is 0 Å². The number of hydrogen-bond donors (Lipinski definition) is 2. The number of nitrogens with two attached hydrogens (primary N) is 1. The number of hydrazine groups is 1. The first-order valence-electron chi connectivity index (χ1n) is 6.00. The first-order chi connectivity index (χ1) is 8.74. The number of nitrogens with zero attached hydrogens (tertiary/aromatic N) is 2. The summed E-state index contributed by atoms with van der Waals surface area (Å²) < 4.78 is 5.30. The van der Waals surface area contributed by atoms with Crippen molar-refractivity contribution in [2.24, 2.45) is 5.84 Å². The number of amides is 1. The largest absolute Gasteiger partial charge is 0.381 e. The Balaban J connectivity index is 2.14. The van der Waals surface area contributed by atoms with Gasteiger partial charge in [-0.15, -0.1) is 0 Å². The predicted octanol–water partition coefficient (Wildman–Crippen LogP) is 0.618. The lowest BCUT2D eigenvalue weighted by Gasteiger charge is -2.31. The SMILES string of the molecule is CN(C(=O)c1cccnc1NN)C1CCOCC1. The molecule has 0 radical (unpaired) electrons. The van der Waals surface area contributed by atoms with E-state index in [0.717, 1.165) is 12.8 Å². The maximum Gasteiger partial charge on any atom is 0.257 e. The van der Waals surface area contributed by atoms with E-state index in [1.165, 1.54) is 0 Å². The number of anilines is 1. The van der Waals surface area contributed by atoms with Gasteiger partial charge in [-0.1, -0.05) is 0 Å². The molecule has 0 saturated carbocycles. The molecule has 1 aliphatic heterocycles. The van der Waals surface area contributed by atoms with E-state index >= 15 is 0 Å². The first-order valence-corrected chi connectivity index (χ1v) is 6.00. The number of aromatic nitrogens is 1. The summed E-state index contributed by atoms with van der Waals surface area (Å²) in [6.07, 6.45) is 3.34. The highest BCUT2D eigenvalue weighted by molar-refractivity contribution is 5.98. The Hall–Kier alpha value is -1.66. The third-order valence-corrected chi connectivity index (χ3v) is 3.23. The van der Waals surface area contributed by atoms with Crippen molar-refractivity contribution in [3.05, 3.63) is 23.9 Å². The number of hydrogen-bond acceptors (Lipinski definition) is 5. The van der Waals surface area contributed by atoms with E-state index in [9.17, 15) is 4.79 Å². The fourth-order valence-electron chi connectivity index (χ4n) is 2.12. The second-order valence-electron chi connectivity index (χ2n) is 4.30. The highest BCUT2D eigenvalue weighted by atomic mass is 16.5. The van der Waals surface area contributed by atoms with E-state index in [2.05, 4.69) is 10.4 Å². The molecule has 0 bridgehead atoms. The summed E-state index contributed by atoms with van der Waals surface area (Å²) in [6, 6.07) is 3.67. The Kier molecular flexibility index (Phi) is 4.11. The first kappa shape index (κ1) is 12.8. The molecule has 1 aliphatic rings. The van der Waals surface area contributed by atoms with Crippen molar-refractivity contribution in [2.45, 2.75) is 18.9 Å². The third kappa shape index (κ3) is 2.60. The summed E-state index contributed by atoms with van der Waals surface area (Å²) in [5.74, 6) is 5.70. The summed E-state index contributed by atoms with van der Waals surface area (Å²) >= 11 is 0. The molecule has 0 atom stereocenters. The van der Waals surface area contributed by atoms with Crippen LogP contribution >= 0.6 is 0 Å². The van der Waals surface area contributed by atoms with Crippen molar-refractivity contribution in [1.29, 1.82) is 0 Å². The average Bonchev–Trinajstić information content (AvgIpc) is 2.46. The Morgan fingerprint density at radius 2 is 2.28 bits per heavy atom. The minimum absolute atomic E-state index is 0.0667. The second kappa shape index (κ2) is 5.79. The minimum atomic E-state index is -0.0667. The molecule has 1 amide bonds. The van der Waals surface area contributed by atoms with Crippen molar-refractivity contribution in [1.82, 2.24) is 9.88 Å². The van der Waals surface area contributed by atoms with E-state index in [1.54, 1.807) is 23.2 Å². The molecule has 1 saturated heterocycles. The van der Waals surface area contributed by atoms with Crippen molar-refractivity contribution in [3.63, 3.8) is 0 Å². The standard InChI is InChI=1S/C12H18N4O2/c1-16(9-4-7-18-8-5-9)12(17)10-3-2-6-14-11(10)15-13/h2-3,6,9H,4-5,7-8,13H2,1H3,(H,14,15). The lowest BCUT2D eigenvalue weighted by molar-refractivity contribution is 0.0362. The maximum atomic E-state index is 12.4. The summed E-state index contributed by atoms with van der Waals surface area (Å²) in [7, 11) is 1.81. The van der Waals surface area contributed by atoms with Gasteiger partial charge in [0.2, 0.25) is 0 Å². The molecular weight excluding hydrogens is 232 g/mol. The number of ether oxygens (including phenoxy) is 1. The number of carbonyl (C=O) groups excluding carboxylic acids is 1. The number of rotatable bonds is 3. The summed E-state index contributed by atoms with van der Waals surface area (Å²) in [5.41, 5.74) is 2.95. The quantitative estimate of drug-likeness (QED) is 0.607. The fraction of sp³-hybridized carbons (Fsp3) is 0.500. The number of carbonyl (C=O) groups is 1. The third-order valence-electron chi connectivity index (χ3n) is 3.23. The highest BCUT2D eigenvalue weighted by Crippen LogP contribution is 2.18. The van der Waals surface area contributed by atoms with Crippen LogP contribution in [0.3, 0.4) is 0 Å². The molecule has 2 rings (SSSR count). The predicted molar refractivity (Wildman–Crippen MR) is 68.0 cm³/mol. The van der Waals surface area contributed by atoms with Crippen molar-refractivity contribution in [2.75, 3.05) is 25.7 Å². The van der Waals surface area contributed by atoms with Crippen LogP contribution in [0.15, 0.2) is 18.3 Å². The van der Waals surface area contributed by atoms with E-state index in [-0.39, 0.29) is 11.9 Å². The van der Waals surface area contributed by atoms with Crippen molar-refractivity contribution >= 4 is 11.7 Å². The molecule has 0 unspecified atom stereocenters. The number of nitrogens with one attached hydrogen (secondary N) is 1. The molecule has 98 valence electrons. The van der Waals surface area contributed by atoms with Gasteiger partial charge in [0, 0.05) is 32.5 Å². The summed E-state index contributed by atoms with van der Waals surface area (Å²) in [5, 5.41) is 0. The Morgan fingerprint density at radius 1 is 1.56 bits per heavy atom. The summed E-state index contributed by atoms with van der Waals surface area (Å²) in [6.45, 7) is 1.41. The molecule has 1 aromatic rings. The molecule has 18 heavy (non-hydrogen) atoms. The minimum Gasteiger partial charge on any atom is -0.381 e. The van der Waals surface area contributed by atoms with Crippen LogP contribution in [-0.4, -0.2) is 42.1 Å². The molecule has 6 heteroatoms. The van der Waals surface area contributed by atoms with Gasteiger partial charge in [-0.25, -0.2) is 10.8 Å². The van der Waals surface area contributed by atoms with Crippen LogP contribution in [0, 0.1) is 0 Å². The Morgan fingerprint density at radius 3 is 2.94 bits per heavy atom.